The molecular weight excluding hydrogens is 376 g/mol. The first-order valence-electron chi connectivity index (χ1n) is 10.3. The summed E-state index contributed by atoms with van der Waals surface area (Å²) < 4.78 is 0. The molecule has 3 N–H and O–H groups in total. The minimum Gasteiger partial charge on any atom is -0.361 e. The average Bonchev–Trinajstić information content (AvgIpc) is 3.10. The van der Waals surface area contributed by atoms with Crippen LogP contribution < -0.4 is 10.6 Å². The van der Waals surface area contributed by atoms with Gasteiger partial charge in [-0.1, -0.05) is 18.2 Å². The second kappa shape index (κ2) is 10.1. The van der Waals surface area contributed by atoms with Gasteiger partial charge in [-0.2, -0.15) is 0 Å². The van der Waals surface area contributed by atoms with Crippen molar-refractivity contribution in [2.75, 3.05) is 32.5 Å². The van der Waals surface area contributed by atoms with E-state index in [4.69, 9.17) is 0 Å². The van der Waals surface area contributed by atoms with Crippen LogP contribution in [0.2, 0.25) is 0 Å². The van der Waals surface area contributed by atoms with Crippen molar-refractivity contribution in [2.45, 2.75) is 26.2 Å². The number of carbonyl (C=O) groups is 2. The second-order valence-electron chi connectivity index (χ2n) is 7.90. The summed E-state index contributed by atoms with van der Waals surface area (Å²) in [6.07, 6.45) is 4.22. The van der Waals surface area contributed by atoms with Crippen molar-refractivity contribution in [3.05, 3.63) is 65.4 Å². The molecule has 3 aromatic rings. The molecule has 0 aliphatic rings. The first-order chi connectivity index (χ1) is 14.4. The van der Waals surface area contributed by atoms with Gasteiger partial charge in [-0.3, -0.25) is 9.59 Å². The van der Waals surface area contributed by atoms with Gasteiger partial charge in [-0.15, -0.1) is 0 Å². The van der Waals surface area contributed by atoms with E-state index >= 15 is 0 Å². The van der Waals surface area contributed by atoms with Gasteiger partial charge < -0.3 is 20.5 Å². The number of aromatic amines is 1. The molecule has 0 radical (unpaired) electrons. The minimum absolute atomic E-state index is 0.00308. The van der Waals surface area contributed by atoms with Crippen LogP contribution in [0, 0.1) is 0 Å². The zero-order valence-electron chi connectivity index (χ0n) is 17.9. The third kappa shape index (κ3) is 6.19. The SMILES string of the molecule is CC(=O)Nc1ccc(CC(=O)NCCc2ccc3[nH]cc(CCN(C)C)c3c2)cc1. The number of nitrogens with one attached hydrogen (secondary N) is 3. The van der Waals surface area contributed by atoms with E-state index in [1.54, 1.807) is 0 Å². The van der Waals surface area contributed by atoms with Gasteiger partial charge in [0.15, 0.2) is 0 Å². The number of hydrogen-bond donors (Lipinski definition) is 3. The molecule has 3 rings (SSSR count). The number of H-pyrrole nitrogens is 1. The summed E-state index contributed by atoms with van der Waals surface area (Å²) in [4.78, 5) is 28.8. The van der Waals surface area contributed by atoms with Crippen LogP contribution in [0.1, 0.15) is 23.6 Å². The summed E-state index contributed by atoms with van der Waals surface area (Å²) in [6, 6.07) is 13.8. The van der Waals surface area contributed by atoms with Crippen molar-refractivity contribution in [1.82, 2.24) is 15.2 Å². The molecule has 0 aliphatic heterocycles. The highest BCUT2D eigenvalue weighted by Gasteiger charge is 2.07. The summed E-state index contributed by atoms with van der Waals surface area (Å²) >= 11 is 0. The lowest BCUT2D eigenvalue weighted by molar-refractivity contribution is -0.120. The number of rotatable bonds is 9. The molecular formula is C24H30N4O2. The van der Waals surface area contributed by atoms with Gasteiger partial charge in [0.25, 0.3) is 0 Å². The summed E-state index contributed by atoms with van der Waals surface area (Å²) in [5.74, 6) is -0.111. The van der Waals surface area contributed by atoms with E-state index in [-0.39, 0.29) is 11.8 Å². The molecule has 2 amide bonds. The van der Waals surface area contributed by atoms with Gasteiger partial charge in [0.2, 0.25) is 11.8 Å². The maximum Gasteiger partial charge on any atom is 0.224 e. The Morgan fingerprint density at radius 3 is 2.43 bits per heavy atom. The molecule has 0 saturated carbocycles. The number of aromatic nitrogens is 1. The van der Waals surface area contributed by atoms with E-state index in [0.717, 1.165) is 36.2 Å². The molecule has 158 valence electrons. The normalized spacial score (nSPS) is 11.1. The number of benzene rings is 2. The van der Waals surface area contributed by atoms with Crippen LogP contribution in [0.5, 0.6) is 0 Å². The van der Waals surface area contributed by atoms with Gasteiger partial charge in [0.05, 0.1) is 6.42 Å². The first-order valence-corrected chi connectivity index (χ1v) is 10.3. The van der Waals surface area contributed by atoms with Gasteiger partial charge in [-0.05, 0) is 67.9 Å². The maximum absolute atomic E-state index is 12.2. The molecule has 30 heavy (non-hydrogen) atoms. The van der Waals surface area contributed by atoms with Crippen LogP contribution >= 0.6 is 0 Å². The molecule has 0 fully saturated rings. The molecule has 2 aromatic carbocycles. The fraction of sp³-hybridized carbons (Fsp3) is 0.333. The van der Waals surface area contributed by atoms with Crippen molar-refractivity contribution in [3.63, 3.8) is 0 Å². The number of likely N-dealkylation sites (N-methyl/N-ethyl adjacent to an activating group) is 1. The van der Waals surface area contributed by atoms with E-state index in [1.807, 2.05) is 24.3 Å². The third-order valence-corrected chi connectivity index (χ3v) is 5.04. The molecule has 6 heteroatoms. The molecule has 0 unspecified atom stereocenters. The van der Waals surface area contributed by atoms with Crippen LogP contribution in [0.3, 0.4) is 0 Å². The quantitative estimate of drug-likeness (QED) is 0.511. The molecule has 0 atom stereocenters. The third-order valence-electron chi connectivity index (χ3n) is 5.04. The predicted octanol–water partition coefficient (Wildman–Crippen LogP) is 3.13. The zero-order chi connectivity index (χ0) is 21.5. The topological polar surface area (TPSA) is 77.2 Å². The zero-order valence-corrected chi connectivity index (χ0v) is 17.9. The lowest BCUT2D eigenvalue weighted by atomic mass is 10.1. The van der Waals surface area contributed by atoms with E-state index in [1.165, 1.54) is 23.4 Å². The van der Waals surface area contributed by atoms with E-state index in [2.05, 4.69) is 59.0 Å². The minimum atomic E-state index is -0.108. The van der Waals surface area contributed by atoms with Crippen LogP contribution in [0.25, 0.3) is 10.9 Å². The molecule has 0 saturated heterocycles. The molecule has 1 heterocycles. The lowest BCUT2D eigenvalue weighted by Crippen LogP contribution is -2.27. The number of hydrogen-bond acceptors (Lipinski definition) is 3. The highest BCUT2D eigenvalue weighted by Crippen LogP contribution is 2.21. The standard InChI is InChI=1S/C24H30N4O2/c1-17(29)27-21-7-4-18(5-8-21)15-24(30)25-12-10-19-6-9-23-22(14-19)20(16-26-23)11-13-28(2)3/h4-9,14,16,26H,10-13,15H2,1-3H3,(H,25,30)(H,27,29). The summed E-state index contributed by atoms with van der Waals surface area (Å²) in [5.41, 5.74) is 5.34. The van der Waals surface area contributed by atoms with Crippen LogP contribution in [0.15, 0.2) is 48.7 Å². The predicted molar refractivity (Wildman–Crippen MR) is 122 cm³/mol. The van der Waals surface area contributed by atoms with Crippen molar-refractivity contribution in [3.8, 4) is 0 Å². The van der Waals surface area contributed by atoms with Crippen LogP contribution in [-0.4, -0.2) is 48.9 Å². The summed E-state index contributed by atoms with van der Waals surface area (Å²) in [5, 5.41) is 6.99. The Morgan fingerprint density at radius 1 is 1.00 bits per heavy atom. The van der Waals surface area contributed by atoms with Crippen LogP contribution in [0.4, 0.5) is 5.69 Å². The Balaban J connectivity index is 1.50. The van der Waals surface area contributed by atoms with Crippen LogP contribution in [-0.2, 0) is 28.9 Å². The maximum atomic E-state index is 12.2. The summed E-state index contributed by atoms with van der Waals surface area (Å²) in [7, 11) is 4.17. The van der Waals surface area contributed by atoms with Gasteiger partial charge >= 0.3 is 0 Å². The molecule has 0 bridgehead atoms. The second-order valence-corrected chi connectivity index (χ2v) is 7.90. The molecule has 0 spiro atoms. The highest BCUT2D eigenvalue weighted by molar-refractivity contribution is 5.88. The largest absolute Gasteiger partial charge is 0.361 e. The van der Waals surface area contributed by atoms with Crippen molar-refractivity contribution in [2.24, 2.45) is 0 Å². The average molecular weight is 407 g/mol. The van der Waals surface area contributed by atoms with E-state index in [0.29, 0.717) is 13.0 Å². The Labute approximate surface area is 177 Å². The van der Waals surface area contributed by atoms with E-state index < -0.39 is 0 Å². The number of carbonyl (C=O) groups excluding carboxylic acids is 2. The van der Waals surface area contributed by atoms with Crippen molar-refractivity contribution < 1.29 is 9.59 Å². The molecule has 6 nitrogen and oxygen atoms in total. The fourth-order valence-corrected chi connectivity index (χ4v) is 3.44. The summed E-state index contributed by atoms with van der Waals surface area (Å²) in [6.45, 7) is 3.09. The first kappa shape index (κ1) is 21.6. The highest BCUT2D eigenvalue weighted by atomic mass is 16.2. The van der Waals surface area contributed by atoms with Gasteiger partial charge in [0.1, 0.15) is 0 Å². The Bertz CT molecular complexity index is 1010. The number of fused-ring (bicyclic) bond motifs is 1. The van der Waals surface area contributed by atoms with Gasteiger partial charge in [0, 0.05) is 42.8 Å². The Morgan fingerprint density at radius 2 is 1.73 bits per heavy atom. The molecule has 0 aliphatic carbocycles. The van der Waals surface area contributed by atoms with E-state index in [9.17, 15) is 9.59 Å². The number of anilines is 1. The Hall–Kier alpha value is -3.12. The van der Waals surface area contributed by atoms with Crippen molar-refractivity contribution in [1.29, 1.82) is 0 Å². The number of amides is 2. The van der Waals surface area contributed by atoms with Crippen molar-refractivity contribution >= 4 is 28.4 Å². The Kier molecular flexibility index (Phi) is 7.25. The monoisotopic (exact) mass is 406 g/mol. The lowest BCUT2D eigenvalue weighted by Gasteiger charge is -2.09. The number of nitrogens with zero attached hydrogens (tertiary/aromatic N) is 1. The van der Waals surface area contributed by atoms with Gasteiger partial charge in [-0.25, -0.2) is 0 Å². The fourth-order valence-electron chi connectivity index (χ4n) is 3.44. The smallest absolute Gasteiger partial charge is 0.224 e. The molecule has 1 aromatic heterocycles.